The van der Waals surface area contributed by atoms with Crippen LogP contribution >= 0.6 is 0 Å². The van der Waals surface area contributed by atoms with E-state index in [0.29, 0.717) is 12.1 Å². The van der Waals surface area contributed by atoms with Crippen LogP contribution in [0.1, 0.15) is 50.3 Å². The Hall–Kier alpha value is -3.11. The number of carbonyl (C=O) groups excluding carboxylic acids is 2. The molecular weight excluding hydrogens is 436 g/mol. The SMILES string of the molecule is CC1=C(N2C(=O)C3(CCN(C[C@H](O)c4ccc(-n5cnnn5)cc4C)CC3)CC2C)COC1=O. The van der Waals surface area contributed by atoms with Crippen molar-refractivity contribution in [2.45, 2.75) is 52.2 Å². The first kappa shape index (κ1) is 22.7. The molecule has 4 heterocycles. The number of hydrogen-bond acceptors (Lipinski definition) is 8. The first-order valence-electron chi connectivity index (χ1n) is 11.7. The van der Waals surface area contributed by atoms with Crippen molar-refractivity contribution in [3.8, 4) is 5.69 Å². The van der Waals surface area contributed by atoms with Crippen molar-refractivity contribution in [3.05, 3.63) is 46.9 Å². The summed E-state index contributed by atoms with van der Waals surface area (Å²) >= 11 is 0. The van der Waals surface area contributed by atoms with Gasteiger partial charge in [-0.25, -0.2) is 9.48 Å². The van der Waals surface area contributed by atoms with Gasteiger partial charge in [0, 0.05) is 12.6 Å². The lowest BCUT2D eigenvalue weighted by Gasteiger charge is -2.38. The van der Waals surface area contributed by atoms with Gasteiger partial charge >= 0.3 is 5.97 Å². The molecule has 2 aromatic rings. The highest BCUT2D eigenvalue weighted by atomic mass is 16.5. The second-order valence-corrected chi connectivity index (χ2v) is 9.77. The number of hydrogen-bond donors (Lipinski definition) is 1. The summed E-state index contributed by atoms with van der Waals surface area (Å²) < 4.78 is 6.73. The van der Waals surface area contributed by atoms with Crippen LogP contribution in [0.4, 0.5) is 0 Å². The fourth-order valence-electron chi connectivity index (χ4n) is 5.69. The summed E-state index contributed by atoms with van der Waals surface area (Å²) in [4.78, 5) is 29.4. The quantitative estimate of drug-likeness (QED) is 0.660. The molecule has 0 saturated carbocycles. The number of aliphatic hydroxyl groups excluding tert-OH is 1. The molecule has 2 atom stereocenters. The summed E-state index contributed by atoms with van der Waals surface area (Å²) in [6.07, 6.45) is 3.19. The second kappa shape index (κ2) is 8.59. The third-order valence-corrected chi connectivity index (χ3v) is 7.64. The number of amides is 1. The number of likely N-dealkylation sites (tertiary alicyclic amines) is 2. The third-order valence-electron chi connectivity index (χ3n) is 7.64. The number of nitrogens with zero attached hydrogens (tertiary/aromatic N) is 6. The zero-order chi connectivity index (χ0) is 24.0. The first-order chi connectivity index (χ1) is 16.3. The molecule has 0 bridgehead atoms. The molecule has 1 aromatic heterocycles. The van der Waals surface area contributed by atoms with Gasteiger partial charge < -0.3 is 19.6 Å². The first-order valence-corrected chi connectivity index (χ1v) is 11.7. The summed E-state index contributed by atoms with van der Waals surface area (Å²) in [5, 5.41) is 22.2. The lowest BCUT2D eigenvalue weighted by Crippen LogP contribution is -2.45. The minimum absolute atomic E-state index is 0.0467. The smallest absolute Gasteiger partial charge is 0.336 e. The van der Waals surface area contributed by atoms with Crippen molar-refractivity contribution in [3.63, 3.8) is 0 Å². The van der Waals surface area contributed by atoms with Gasteiger partial charge in [-0.2, -0.15) is 0 Å². The molecule has 10 heteroatoms. The van der Waals surface area contributed by atoms with Gasteiger partial charge in [0.15, 0.2) is 0 Å². The molecule has 1 N–H and O–H groups in total. The predicted octanol–water partition coefficient (Wildman–Crippen LogP) is 1.54. The van der Waals surface area contributed by atoms with E-state index in [4.69, 9.17) is 4.74 Å². The lowest BCUT2D eigenvalue weighted by atomic mass is 9.76. The highest BCUT2D eigenvalue weighted by Gasteiger charge is 2.53. The number of aryl methyl sites for hydroxylation is 1. The second-order valence-electron chi connectivity index (χ2n) is 9.77. The molecule has 2 fully saturated rings. The van der Waals surface area contributed by atoms with Crippen molar-refractivity contribution in [2.75, 3.05) is 26.2 Å². The molecule has 0 radical (unpaired) electrons. The lowest BCUT2D eigenvalue weighted by molar-refractivity contribution is -0.139. The Morgan fingerprint density at radius 2 is 2.00 bits per heavy atom. The molecule has 34 heavy (non-hydrogen) atoms. The Bertz CT molecular complexity index is 1140. The van der Waals surface area contributed by atoms with Gasteiger partial charge in [-0.1, -0.05) is 6.07 Å². The Balaban J connectivity index is 1.23. The molecule has 3 aliphatic heterocycles. The summed E-state index contributed by atoms with van der Waals surface area (Å²) in [6.45, 7) is 7.95. The number of cyclic esters (lactones) is 1. The van der Waals surface area contributed by atoms with Crippen molar-refractivity contribution >= 4 is 11.9 Å². The maximum absolute atomic E-state index is 13.5. The van der Waals surface area contributed by atoms with E-state index in [-0.39, 0.29) is 24.5 Å². The molecular formula is C24H30N6O4. The van der Waals surface area contributed by atoms with Gasteiger partial charge in [-0.05, 0) is 86.8 Å². The fraction of sp³-hybridized carbons (Fsp3) is 0.542. The van der Waals surface area contributed by atoms with Crippen molar-refractivity contribution in [2.24, 2.45) is 5.41 Å². The molecule has 0 aliphatic carbocycles. The number of piperidine rings is 1. The van der Waals surface area contributed by atoms with Crippen molar-refractivity contribution in [1.82, 2.24) is 30.0 Å². The van der Waals surface area contributed by atoms with Gasteiger partial charge in [-0.15, -0.1) is 5.10 Å². The van der Waals surface area contributed by atoms with Crippen molar-refractivity contribution in [1.29, 1.82) is 0 Å². The van der Waals surface area contributed by atoms with Crippen LogP contribution in [-0.4, -0.2) is 79.3 Å². The van der Waals surface area contributed by atoms with Gasteiger partial charge in [0.05, 0.1) is 28.5 Å². The molecule has 3 aliphatic rings. The van der Waals surface area contributed by atoms with Crippen LogP contribution in [0.3, 0.4) is 0 Å². The van der Waals surface area contributed by atoms with Crippen LogP contribution in [0.5, 0.6) is 0 Å². The zero-order valence-electron chi connectivity index (χ0n) is 19.8. The summed E-state index contributed by atoms with van der Waals surface area (Å²) in [5.74, 6) is -0.220. The minimum atomic E-state index is -0.624. The van der Waals surface area contributed by atoms with Crippen molar-refractivity contribution < 1.29 is 19.4 Å². The molecule has 1 amide bonds. The Morgan fingerprint density at radius 1 is 1.24 bits per heavy atom. The maximum Gasteiger partial charge on any atom is 0.336 e. The number of tetrazole rings is 1. The number of aliphatic hydroxyl groups is 1. The van der Waals surface area contributed by atoms with E-state index in [0.717, 1.165) is 54.9 Å². The zero-order valence-corrected chi connectivity index (χ0v) is 19.8. The van der Waals surface area contributed by atoms with E-state index < -0.39 is 11.5 Å². The van der Waals surface area contributed by atoms with Gasteiger partial charge in [-0.3, -0.25) is 4.79 Å². The molecule has 1 spiro atoms. The average Bonchev–Trinajstić information content (AvgIpc) is 3.51. The number of aromatic nitrogens is 4. The van der Waals surface area contributed by atoms with Gasteiger partial charge in [0.25, 0.3) is 0 Å². The van der Waals surface area contributed by atoms with E-state index in [1.165, 1.54) is 6.33 Å². The number of carbonyl (C=O) groups is 2. The molecule has 1 unspecified atom stereocenters. The summed E-state index contributed by atoms with van der Waals surface area (Å²) in [5.41, 5.74) is 3.56. The Labute approximate surface area is 198 Å². The largest absolute Gasteiger partial charge is 0.456 e. The topological polar surface area (TPSA) is 114 Å². The van der Waals surface area contributed by atoms with Crippen LogP contribution in [0, 0.1) is 12.3 Å². The van der Waals surface area contributed by atoms with Crippen LogP contribution < -0.4 is 0 Å². The molecule has 10 nitrogen and oxygen atoms in total. The predicted molar refractivity (Wildman–Crippen MR) is 122 cm³/mol. The average molecular weight is 467 g/mol. The van der Waals surface area contributed by atoms with Crippen LogP contribution in [0.15, 0.2) is 35.8 Å². The number of esters is 1. The number of benzene rings is 1. The maximum atomic E-state index is 13.5. The van der Waals surface area contributed by atoms with E-state index in [1.807, 2.05) is 32.0 Å². The van der Waals surface area contributed by atoms with Crippen LogP contribution in [0.25, 0.3) is 5.69 Å². The Kier molecular flexibility index (Phi) is 5.73. The molecule has 1 aromatic carbocycles. The standard InChI is InChI=1S/C24H30N6O4/c1-15-10-18(29-14-25-26-27-29)4-5-19(15)21(31)12-28-8-6-24(7-9-28)11-16(2)30(23(24)33)20-13-34-22(32)17(20)3/h4-5,10,14,16,21,31H,6-9,11-13H2,1-3H3/t16?,21-/m0/s1. The normalized spacial score (nSPS) is 23.8. The van der Waals surface area contributed by atoms with E-state index in [9.17, 15) is 14.7 Å². The van der Waals surface area contributed by atoms with Crippen LogP contribution in [0.2, 0.25) is 0 Å². The minimum Gasteiger partial charge on any atom is -0.456 e. The molecule has 5 rings (SSSR count). The van der Waals surface area contributed by atoms with Crippen LogP contribution in [-0.2, 0) is 14.3 Å². The Morgan fingerprint density at radius 3 is 2.62 bits per heavy atom. The summed E-state index contributed by atoms with van der Waals surface area (Å²) in [6, 6.07) is 5.82. The van der Waals surface area contributed by atoms with Gasteiger partial charge in [0.1, 0.15) is 12.9 Å². The molecule has 180 valence electrons. The highest BCUT2D eigenvalue weighted by Crippen LogP contribution is 2.46. The molecule has 2 saturated heterocycles. The van der Waals surface area contributed by atoms with E-state index >= 15 is 0 Å². The highest BCUT2D eigenvalue weighted by molar-refractivity contribution is 5.94. The monoisotopic (exact) mass is 466 g/mol. The fourth-order valence-corrected chi connectivity index (χ4v) is 5.69. The number of β-amino-alcohol motifs (C(OH)–C–C–N with tert-alkyl or cyclic N) is 1. The van der Waals surface area contributed by atoms with E-state index in [2.05, 4.69) is 20.4 Å². The van der Waals surface area contributed by atoms with Gasteiger partial charge in [0.2, 0.25) is 5.91 Å². The van der Waals surface area contributed by atoms with E-state index in [1.54, 1.807) is 16.5 Å². The number of ether oxygens (including phenoxy) is 1. The number of rotatable bonds is 5. The third kappa shape index (κ3) is 3.80. The summed E-state index contributed by atoms with van der Waals surface area (Å²) in [7, 11) is 0.